The van der Waals surface area contributed by atoms with Gasteiger partial charge in [-0.3, -0.25) is 4.79 Å². The molecular formula is C11H13NO. The molecule has 0 aromatic heterocycles. The summed E-state index contributed by atoms with van der Waals surface area (Å²) in [6.07, 6.45) is 0.804. The van der Waals surface area contributed by atoms with Gasteiger partial charge in [0, 0.05) is 12.1 Å². The molecule has 0 bridgehead atoms. The Labute approximate surface area is 78.0 Å². The van der Waals surface area contributed by atoms with Crippen molar-refractivity contribution in [3.63, 3.8) is 0 Å². The Kier molecular flexibility index (Phi) is 1.65. The Bertz CT molecular complexity index is 332. The first-order chi connectivity index (χ1) is 6.12. The van der Waals surface area contributed by atoms with Crippen LogP contribution in [-0.2, 0) is 11.2 Å². The second-order valence-corrected chi connectivity index (χ2v) is 3.85. The monoisotopic (exact) mass is 175 g/mol. The predicted octanol–water partition coefficient (Wildman–Crippen LogP) is 2.00. The molecule has 13 heavy (non-hydrogen) atoms. The molecule has 1 aliphatic rings. The summed E-state index contributed by atoms with van der Waals surface area (Å²) in [6, 6.07) is 8.07. The van der Waals surface area contributed by atoms with Crippen LogP contribution in [0.2, 0.25) is 0 Å². The van der Waals surface area contributed by atoms with E-state index in [0.29, 0.717) is 0 Å². The first kappa shape index (κ1) is 8.30. The van der Waals surface area contributed by atoms with Gasteiger partial charge in [-0.05, 0) is 25.5 Å². The molecule has 1 N–H and O–H groups in total. The molecule has 1 aliphatic heterocycles. The summed E-state index contributed by atoms with van der Waals surface area (Å²) in [6.45, 7) is 3.59. The van der Waals surface area contributed by atoms with Crippen molar-refractivity contribution in [1.82, 2.24) is 0 Å². The molecule has 0 saturated heterocycles. The summed E-state index contributed by atoms with van der Waals surface area (Å²) in [7, 11) is 0. The van der Waals surface area contributed by atoms with Crippen molar-refractivity contribution in [3.8, 4) is 0 Å². The number of Topliss-reactive ketones (excluding diaryl/α,β-unsaturated/α-hetero) is 1. The highest BCUT2D eigenvalue weighted by molar-refractivity contribution is 5.91. The van der Waals surface area contributed by atoms with Gasteiger partial charge in [-0.25, -0.2) is 0 Å². The molecule has 1 unspecified atom stereocenters. The van der Waals surface area contributed by atoms with Crippen LogP contribution in [0, 0.1) is 0 Å². The normalized spacial score (nSPS) is 25.1. The average molecular weight is 175 g/mol. The first-order valence-corrected chi connectivity index (χ1v) is 4.49. The molecule has 2 heteroatoms. The molecule has 2 nitrogen and oxygen atoms in total. The van der Waals surface area contributed by atoms with E-state index in [1.54, 1.807) is 6.92 Å². The summed E-state index contributed by atoms with van der Waals surface area (Å²) in [5, 5.41) is 3.26. The molecule has 1 atom stereocenters. The molecule has 0 aliphatic carbocycles. The van der Waals surface area contributed by atoms with E-state index in [9.17, 15) is 4.79 Å². The molecule has 0 radical (unpaired) electrons. The van der Waals surface area contributed by atoms with Crippen LogP contribution in [0.1, 0.15) is 19.4 Å². The van der Waals surface area contributed by atoms with E-state index in [1.807, 2.05) is 25.1 Å². The number of carbonyl (C=O) groups excluding carboxylic acids is 1. The largest absolute Gasteiger partial charge is 0.373 e. The Morgan fingerprint density at radius 2 is 2.15 bits per heavy atom. The molecule has 0 saturated carbocycles. The summed E-state index contributed by atoms with van der Waals surface area (Å²) in [4.78, 5) is 11.4. The molecule has 1 aromatic carbocycles. The number of para-hydroxylation sites is 1. The van der Waals surface area contributed by atoms with E-state index < -0.39 is 0 Å². The van der Waals surface area contributed by atoms with Crippen LogP contribution in [-0.4, -0.2) is 11.3 Å². The number of ketones is 1. The number of hydrogen-bond donors (Lipinski definition) is 1. The maximum Gasteiger partial charge on any atom is 0.155 e. The van der Waals surface area contributed by atoms with Gasteiger partial charge in [0.1, 0.15) is 0 Å². The molecule has 0 spiro atoms. The number of anilines is 1. The summed E-state index contributed by atoms with van der Waals surface area (Å²) < 4.78 is 0. The molecule has 0 amide bonds. The van der Waals surface area contributed by atoms with Crippen molar-refractivity contribution < 1.29 is 4.79 Å². The van der Waals surface area contributed by atoms with Crippen LogP contribution in [0.15, 0.2) is 24.3 Å². The minimum atomic E-state index is -0.385. The minimum absolute atomic E-state index is 0.198. The van der Waals surface area contributed by atoms with Gasteiger partial charge in [0.15, 0.2) is 5.78 Å². The number of nitrogens with one attached hydrogen (secondary N) is 1. The molecule has 2 rings (SSSR count). The number of rotatable bonds is 1. The van der Waals surface area contributed by atoms with Crippen LogP contribution >= 0.6 is 0 Å². The minimum Gasteiger partial charge on any atom is -0.373 e. The summed E-state index contributed by atoms with van der Waals surface area (Å²) >= 11 is 0. The van der Waals surface area contributed by atoms with Crippen LogP contribution in [0.3, 0.4) is 0 Å². The maximum atomic E-state index is 11.4. The maximum absolute atomic E-state index is 11.4. The van der Waals surface area contributed by atoms with Gasteiger partial charge >= 0.3 is 0 Å². The van der Waals surface area contributed by atoms with Crippen molar-refractivity contribution in [2.75, 3.05) is 5.32 Å². The second kappa shape index (κ2) is 2.59. The predicted molar refractivity (Wildman–Crippen MR) is 52.9 cm³/mol. The molecule has 0 fully saturated rings. The van der Waals surface area contributed by atoms with E-state index >= 15 is 0 Å². The second-order valence-electron chi connectivity index (χ2n) is 3.85. The first-order valence-electron chi connectivity index (χ1n) is 4.49. The van der Waals surface area contributed by atoms with Crippen LogP contribution in [0.25, 0.3) is 0 Å². The van der Waals surface area contributed by atoms with E-state index in [0.717, 1.165) is 12.1 Å². The zero-order valence-electron chi connectivity index (χ0n) is 7.92. The zero-order chi connectivity index (χ0) is 9.47. The van der Waals surface area contributed by atoms with Gasteiger partial charge in [0.25, 0.3) is 0 Å². The lowest BCUT2D eigenvalue weighted by molar-refractivity contribution is -0.120. The zero-order valence-corrected chi connectivity index (χ0v) is 7.92. The van der Waals surface area contributed by atoms with Crippen molar-refractivity contribution in [1.29, 1.82) is 0 Å². The third-order valence-electron chi connectivity index (χ3n) is 2.75. The molecule has 1 aromatic rings. The Morgan fingerprint density at radius 1 is 1.46 bits per heavy atom. The van der Waals surface area contributed by atoms with Gasteiger partial charge < -0.3 is 5.32 Å². The lowest BCUT2D eigenvalue weighted by atomic mass is 9.94. The van der Waals surface area contributed by atoms with Gasteiger partial charge in [-0.2, -0.15) is 0 Å². The lowest BCUT2D eigenvalue weighted by Gasteiger charge is -2.21. The van der Waals surface area contributed by atoms with Crippen molar-refractivity contribution in [3.05, 3.63) is 29.8 Å². The Balaban J connectivity index is 2.37. The highest BCUT2D eigenvalue weighted by atomic mass is 16.1. The standard InChI is InChI=1S/C11H13NO/c1-8(13)11(2)7-9-5-3-4-6-10(9)12-11/h3-6,12H,7H2,1-2H3. The highest BCUT2D eigenvalue weighted by Crippen LogP contribution is 2.32. The third-order valence-corrected chi connectivity index (χ3v) is 2.75. The number of fused-ring (bicyclic) bond motifs is 1. The van der Waals surface area contributed by atoms with Crippen LogP contribution in [0.4, 0.5) is 5.69 Å². The summed E-state index contributed by atoms with van der Waals surface area (Å²) in [5.74, 6) is 0.198. The average Bonchev–Trinajstić information content (AvgIpc) is 2.42. The quantitative estimate of drug-likeness (QED) is 0.707. The topological polar surface area (TPSA) is 29.1 Å². The molecular weight excluding hydrogens is 162 g/mol. The van der Waals surface area contributed by atoms with Crippen molar-refractivity contribution >= 4 is 11.5 Å². The lowest BCUT2D eigenvalue weighted by Crippen LogP contribution is -2.39. The summed E-state index contributed by atoms with van der Waals surface area (Å²) in [5.41, 5.74) is 1.95. The Morgan fingerprint density at radius 3 is 2.77 bits per heavy atom. The van der Waals surface area contributed by atoms with Gasteiger partial charge in [0.2, 0.25) is 0 Å². The fourth-order valence-electron chi connectivity index (χ4n) is 1.73. The fourth-order valence-corrected chi connectivity index (χ4v) is 1.73. The number of carbonyl (C=O) groups is 1. The SMILES string of the molecule is CC(=O)C1(C)Cc2ccccc2N1. The highest BCUT2D eigenvalue weighted by Gasteiger charge is 2.35. The van der Waals surface area contributed by atoms with Crippen LogP contribution in [0.5, 0.6) is 0 Å². The molecule has 68 valence electrons. The van der Waals surface area contributed by atoms with E-state index in [1.165, 1.54) is 5.56 Å². The van der Waals surface area contributed by atoms with Crippen molar-refractivity contribution in [2.45, 2.75) is 25.8 Å². The van der Waals surface area contributed by atoms with Crippen LogP contribution < -0.4 is 5.32 Å². The number of benzene rings is 1. The number of hydrogen-bond acceptors (Lipinski definition) is 2. The molecule has 1 heterocycles. The van der Waals surface area contributed by atoms with E-state index in [4.69, 9.17) is 0 Å². The van der Waals surface area contributed by atoms with Gasteiger partial charge in [0.05, 0.1) is 5.54 Å². The van der Waals surface area contributed by atoms with Gasteiger partial charge in [-0.15, -0.1) is 0 Å². The van der Waals surface area contributed by atoms with E-state index in [-0.39, 0.29) is 11.3 Å². The fraction of sp³-hybridized carbons (Fsp3) is 0.364. The smallest absolute Gasteiger partial charge is 0.155 e. The van der Waals surface area contributed by atoms with Crippen molar-refractivity contribution in [2.24, 2.45) is 0 Å². The van der Waals surface area contributed by atoms with E-state index in [2.05, 4.69) is 11.4 Å². The Hall–Kier alpha value is -1.31. The third kappa shape index (κ3) is 1.22. The van der Waals surface area contributed by atoms with Gasteiger partial charge in [-0.1, -0.05) is 18.2 Å².